The van der Waals surface area contributed by atoms with Crippen LogP contribution in [0.4, 0.5) is 0 Å². The Hall–Kier alpha value is -2.26. The van der Waals surface area contributed by atoms with E-state index < -0.39 is 48.0 Å². The molecule has 3 unspecified atom stereocenters. The summed E-state index contributed by atoms with van der Waals surface area (Å²) in [5, 5.41) is 58.0. The molecule has 2 rings (SSSR count). The van der Waals surface area contributed by atoms with Crippen LogP contribution >= 0.6 is 0 Å². The number of aliphatic hydroxyl groups excluding tert-OH is 3. The first kappa shape index (κ1) is 18.1. The van der Waals surface area contributed by atoms with Gasteiger partial charge in [0.15, 0.2) is 11.4 Å². The topological polar surface area (TPSA) is 156 Å². The minimum absolute atomic E-state index is 0.0390. The van der Waals surface area contributed by atoms with Crippen molar-refractivity contribution in [2.45, 2.75) is 30.3 Å². The van der Waals surface area contributed by atoms with Crippen molar-refractivity contribution in [2.75, 3.05) is 0 Å². The molecule has 0 aromatic heterocycles. The predicted molar refractivity (Wildman–Crippen MR) is 80.9 cm³/mol. The van der Waals surface area contributed by atoms with Gasteiger partial charge in [-0.2, -0.15) is 0 Å². The molecule has 0 radical (unpaired) electrons. The van der Waals surface area contributed by atoms with Gasteiger partial charge in [-0.1, -0.05) is 18.2 Å². The van der Waals surface area contributed by atoms with E-state index >= 15 is 0 Å². The Morgan fingerprint density at radius 1 is 1.17 bits per heavy atom. The Balaban J connectivity index is 2.31. The third-order valence-electron chi connectivity index (χ3n) is 4.11. The van der Waals surface area contributed by atoms with Crippen molar-refractivity contribution >= 4 is 17.8 Å². The Morgan fingerprint density at radius 2 is 1.83 bits per heavy atom. The number of allylic oxidation sites excluding steroid dienone is 1. The first-order valence-electron chi connectivity index (χ1n) is 7.17. The second kappa shape index (κ2) is 6.70. The first-order chi connectivity index (χ1) is 11.2. The van der Waals surface area contributed by atoms with Gasteiger partial charge in [0.2, 0.25) is 0 Å². The molecule has 0 aliphatic heterocycles. The molecule has 0 saturated heterocycles. The van der Waals surface area contributed by atoms with E-state index in [1.165, 1.54) is 24.3 Å². The third-order valence-corrected chi connectivity index (χ3v) is 4.11. The average Bonchev–Trinajstić information content (AvgIpc) is 2.50. The van der Waals surface area contributed by atoms with Crippen LogP contribution in [0.5, 0.6) is 5.75 Å². The monoisotopic (exact) mass is 338 g/mol. The van der Waals surface area contributed by atoms with Gasteiger partial charge < -0.3 is 30.6 Å². The van der Waals surface area contributed by atoms with Crippen molar-refractivity contribution in [3.05, 3.63) is 35.9 Å². The molecule has 0 bridgehead atoms. The number of aromatic hydroxyl groups is 1. The van der Waals surface area contributed by atoms with E-state index in [4.69, 9.17) is 0 Å². The highest BCUT2D eigenvalue weighted by Crippen LogP contribution is 2.36. The van der Waals surface area contributed by atoms with Gasteiger partial charge in [-0.05, 0) is 23.8 Å². The van der Waals surface area contributed by atoms with Gasteiger partial charge in [-0.3, -0.25) is 4.79 Å². The number of rotatable bonds is 4. The molecule has 1 saturated carbocycles. The van der Waals surface area contributed by atoms with Gasteiger partial charge in [0.25, 0.3) is 0 Å². The molecule has 1 fully saturated rings. The normalized spacial score (nSPS) is 33.5. The van der Waals surface area contributed by atoms with Gasteiger partial charge in [0.1, 0.15) is 11.9 Å². The Morgan fingerprint density at radius 3 is 2.42 bits per heavy atom. The average molecular weight is 338 g/mol. The number of carbonyl (C=O) groups excluding carboxylic acids is 1. The number of aliphatic hydroxyl groups is 4. The molecule has 0 amide bonds. The predicted octanol–water partition coefficient (Wildman–Crippen LogP) is -1.11. The maximum Gasteiger partial charge on any atom is 0.336 e. The largest absolute Gasteiger partial charge is 0.508 e. The molecule has 1 aliphatic carbocycles. The van der Waals surface area contributed by atoms with E-state index in [2.05, 4.69) is 0 Å². The molecule has 6 N–H and O–H groups in total. The minimum Gasteiger partial charge on any atom is -0.508 e. The molecular formula is C16H18O8. The van der Waals surface area contributed by atoms with Gasteiger partial charge in [0, 0.05) is 6.42 Å². The number of ketones is 1. The van der Waals surface area contributed by atoms with Crippen LogP contribution < -0.4 is 0 Å². The quantitative estimate of drug-likeness (QED) is 0.378. The van der Waals surface area contributed by atoms with E-state index in [1.54, 1.807) is 6.07 Å². The lowest BCUT2D eigenvalue weighted by Crippen LogP contribution is -2.64. The number of carbonyl (C=O) groups is 2. The molecule has 1 aliphatic rings. The number of benzene rings is 1. The summed E-state index contributed by atoms with van der Waals surface area (Å²) in [6, 6.07) is 5.87. The lowest BCUT2D eigenvalue weighted by atomic mass is 9.69. The summed E-state index contributed by atoms with van der Waals surface area (Å²) in [6.07, 6.45) is -3.96. The summed E-state index contributed by atoms with van der Waals surface area (Å²) in [4.78, 5) is 23.7. The third kappa shape index (κ3) is 3.31. The highest BCUT2D eigenvalue weighted by Gasteiger charge is 2.58. The fourth-order valence-corrected chi connectivity index (χ4v) is 2.81. The van der Waals surface area contributed by atoms with Gasteiger partial charge in [0.05, 0.1) is 18.1 Å². The summed E-state index contributed by atoms with van der Waals surface area (Å²) in [6.45, 7) is 0. The summed E-state index contributed by atoms with van der Waals surface area (Å²) in [7, 11) is 0. The maximum absolute atomic E-state index is 12.3. The van der Waals surface area contributed by atoms with Crippen LogP contribution in [-0.2, 0) is 9.59 Å². The van der Waals surface area contributed by atoms with Gasteiger partial charge >= 0.3 is 5.97 Å². The first-order valence-corrected chi connectivity index (χ1v) is 7.17. The molecule has 5 atom stereocenters. The van der Waals surface area contributed by atoms with E-state index in [0.29, 0.717) is 5.56 Å². The molecule has 8 nitrogen and oxygen atoms in total. The molecule has 24 heavy (non-hydrogen) atoms. The van der Waals surface area contributed by atoms with Crippen LogP contribution in [0.3, 0.4) is 0 Å². The second-order valence-electron chi connectivity index (χ2n) is 5.79. The van der Waals surface area contributed by atoms with Crippen LogP contribution in [0, 0.1) is 5.92 Å². The van der Waals surface area contributed by atoms with Gasteiger partial charge in [-0.15, -0.1) is 0 Å². The number of carboxylic acid groups (broad SMARTS) is 1. The SMILES string of the molecule is O=C(/C=C/c1cccc(O)c1)C1[C@@H](O)C(O)[C@H](O)CC1(O)C(=O)O. The number of phenolic OH excluding ortho intramolecular Hbond substituents is 1. The van der Waals surface area contributed by atoms with Crippen LogP contribution in [0.1, 0.15) is 12.0 Å². The number of hydrogen-bond acceptors (Lipinski definition) is 7. The molecule has 8 heteroatoms. The van der Waals surface area contributed by atoms with Crippen molar-refractivity contribution in [1.82, 2.24) is 0 Å². The zero-order valence-corrected chi connectivity index (χ0v) is 12.5. The molecule has 0 spiro atoms. The van der Waals surface area contributed by atoms with Crippen molar-refractivity contribution < 1.29 is 40.2 Å². The Kier molecular flexibility index (Phi) is 5.05. The van der Waals surface area contributed by atoms with E-state index in [-0.39, 0.29) is 5.75 Å². The van der Waals surface area contributed by atoms with Crippen molar-refractivity contribution in [3.8, 4) is 5.75 Å². The molecular weight excluding hydrogens is 320 g/mol. The van der Waals surface area contributed by atoms with Crippen LogP contribution in [-0.4, -0.2) is 66.3 Å². The van der Waals surface area contributed by atoms with Crippen LogP contribution in [0.15, 0.2) is 30.3 Å². The smallest absolute Gasteiger partial charge is 0.336 e. The van der Waals surface area contributed by atoms with E-state index in [1.807, 2.05) is 0 Å². The second-order valence-corrected chi connectivity index (χ2v) is 5.79. The lowest BCUT2D eigenvalue weighted by Gasteiger charge is -2.43. The van der Waals surface area contributed by atoms with Gasteiger partial charge in [-0.25, -0.2) is 4.79 Å². The number of carboxylic acids is 1. The lowest BCUT2D eigenvalue weighted by molar-refractivity contribution is -0.207. The van der Waals surface area contributed by atoms with Crippen LogP contribution in [0.2, 0.25) is 0 Å². The maximum atomic E-state index is 12.3. The Bertz CT molecular complexity index is 670. The molecule has 1 aromatic carbocycles. The number of aliphatic carboxylic acids is 1. The number of hydrogen-bond donors (Lipinski definition) is 6. The highest BCUT2D eigenvalue weighted by atomic mass is 16.4. The van der Waals surface area contributed by atoms with E-state index in [9.17, 15) is 40.2 Å². The molecule has 0 heterocycles. The van der Waals surface area contributed by atoms with Crippen molar-refractivity contribution in [1.29, 1.82) is 0 Å². The zero-order valence-electron chi connectivity index (χ0n) is 12.5. The fraction of sp³-hybridized carbons (Fsp3) is 0.375. The summed E-state index contributed by atoms with van der Waals surface area (Å²) in [5.74, 6) is -4.59. The number of phenols is 1. The summed E-state index contributed by atoms with van der Waals surface area (Å²) in [5.41, 5.74) is -2.27. The van der Waals surface area contributed by atoms with Crippen molar-refractivity contribution in [3.63, 3.8) is 0 Å². The summed E-state index contributed by atoms with van der Waals surface area (Å²) < 4.78 is 0. The molecule has 130 valence electrons. The van der Waals surface area contributed by atoms with E-state index in [0.717, 1.165) is 6.08 Å². The van der Waals surface area contributed by atoms with Crippen molar-refractivity contribution in [2.24, 2.45) is 5.92 Å². The fourth-order valence-electron chi connectivity index (χ4n) is 2.81. The molecule has 1 aromatic rings. The highest BCUT2D eigenvalue weighted by molar-refractivity contribution is 6.00. The zero-order chi connectivity index (χ0) is 18.1. The summed E-state index contributed by atoms with van der Waals surface area (Å²) >= 11 is 0. The standard InChI is InChI=1S/C16H18O8/c17-9-3-1-2-8(6-9)4-5-10(18)12-14(21)13(20)11(19)7-16(12,24)15(22)23/h1-6,11-14,17,19-21,24H,7H2,(H,22,23)/b5-4+/t11-,12?,13?,14-,16?/m1/s1. The van der Waals surface area contributed by atoms with Crippen LogP contribution in [0.25, 0.3) is 6.08 Å². The minimum atomic E-state index is -2.71. The Labute approximate surface area is 136 Å².